The number of aliphatic hydroxyl groups is 1. The van der Waals surface area contributed by atoms with Gasteiger partial charge in [0.05, 0.1) is 30.2 Å². The van der Waals surface area contributed by atoms with Gasteiger partial charge in [-0.3, -0.25) is 9.63 Å². The third kappa shape index (κ3) is 5.69. The van der Waals surface area contributed by atoms with Crippen LogP contribution in [0.1, 0.15) is 28.8 Å². The molecule has 0 aliphatic heterocycles. The molecule has 0 atom stereocenters. The van der Waals surface area contributed by atoms with E-state index >= 15 is 0 Å². The minimum absolute atomic E-state index is 0.114. The van der Waals surface area contributed by atoms with E-state index in [1.807, 2.05) is 5.48 Å². The highest BCUT2D eigenvalue weighted by molar-refractivity contribution is 5.99. The topological polar surface area (TPSA) is 96.6 Å². The second-order valence-corrected chi connectivity index (χ2v) is 5.97. The van der Waals surface area contributed by atoms with Crippen LogP contribution in [-0.2, 0) is 11.3 Å². The molecule has 0 saturated carbocycles. The highest BCUT2D eigenvalue weighted by atomic mass is 19.2. The number of nitrogens with two attached hydrogens (primary N) is 1. The molecule has 0 saturated heterocycles. The van der Waals surface area contributed by atoms with Gasteiger partial charge in [-0.2, -0.15) is 0 Å². The number of amides is 1. The molecule has 152 valence electrons. The number of rotatable bonds is 10. The first-order valence-electron chi connectivity index (χ1n) is 8.74. The van der Waals surface area contributed by atoms with Crippen molar-refractivity contribution in [3.63, 3.8) is 0 Å². The number of halogens is 3. The monoisotopic (exact) mass is 397 g/mol. The van der Waals surface area contributed by atoms with Gasteiger partial charge in [-0.25, -0.2) is 18.7 Å². The maximum atomic E-state index is 14.4. The van der Waals surface area contributed by atoms with Gasteiger partial charge < -0.3 is 16.2 Å². The third-order valence-electron chi connectivity index (χ3n) is 3.91. The number of carbonyl (C=O) groups excluding carboxylic acids is 1. The molecule has 0 radical (unpaired) electrons. The molecule has 2 aromatic carbocycles. The summed E-state index contributed by atoms with van der Waals surface area (Å²) in [6.07, 6.45) is 2.25. The average Bonchev–Trinajstić information content (AvgIpc) is 2.67. The second-order valence-electron chi connectivity index (χ2n) is 5.97. The molecule has 0 unspecified atom stereocenters. The van der Waals surface area contributed by atoms with Crippen LogP contribution in [0.25, 0.3) is 0 Å². The highest BCUT2D eigenvalue weighted by Gasteiger charge is 2.20. The summed E-state index contributed by atoms with van der Waals surface area (Å²) in [5.41, 5.74) is 7.24. The number of aryl methyl sites for hydroxylation is 1. The molecule has 0 aliphatic rings. The highest BCUT2D eigenvalue weighted by Crippen LogP contribution is 2.28. The summed E-state index contributed by atoms with van der Waals surface area (Å²) in [4.78, 5) is 16.8. The summed E-state index contributed by atoms with van der Waals surface area (Å²) in [5.74, 6) is -4.08. The minimum atomic E-state index is -1.33. The summed E-state index contributed by atoms with van der Waals surface area (Å²) in [6, 6.07) is 6.15. The van der Waals surface area contributed by atoms with E-state index in [4.69, 9.17) is 10.8 Å². The van der Waals surface area contributed by atoms with Crippen molar-refractivity contribution < 1.29 is 27.9 Å². The molecule has 28 heavy (non-hydrogen) atoms. The van der Waals surface area contributed by atoms with Gasteiger partial charge in [-0.05, 0) is 55.6 Å². The van der Waals surface area contributed by atoms with Crippen LogP contribution < -0.4 is 16.5 Å². The van der Waals surface area contributed by atoms with Crippen LogP contribution in [0.3, 0.4) is 0 Å². The fraction of sp³-hybridized carbons (Fsp3) is 0.316. The molecule has 9 heteroatoms. The van der Waals surface area contributed by atoms with Crippen molar-refractivity contribution in [2.24, 2.45) is 5.73 Å². The molecule has 0 spiro atoms. The lowest BCUT2D eigenvalue weighted by Crippen LogP contribution is -2.26. The second kappa shape index (κ2) is 10.6. The predicted octanol–water partition coefficient (Wildman–Crippen LogP) is 2.78. The fourth-order valence-corrected chi connectivity index (χ4v) is 2.50. The molecule has 2 rings (SSSR count). The lowest BCUT2D eigenvalue weighted by atomic mass is 10.1. The number of benzene rings is 2. The van der Waals surface area contributed by atoms with Gasteiger partial charge in [0.2, 0.25) is 0 Å². The Kier molecular flexibility index (Phi) is 8.24. The Bertz CT molecular complexity index is 818. The zero-order chi connectivity index (χ0) is 20.5. The van der Waals surface area contributed by atoms with Crippen LogP contribution in [0.15, 0.2) is 30.3 Å². The van der Waals surface area contributed by atoms with Crippen molar-refractivity contribution in [2.45, 2.75) is 19.3 Å². The normalized spacial score (nSPS) is 10.8. The number of nitrogens with one attached hydrogen (secondary N) is 2. The van der Waals surface area contributed by atoms with Gasteiger partial charge in [0.15, 0.2) is 11.6 Å². The van der Waals surface area contributed by atoms with E-state index in [2.05, 4.69) is 10.2 Å². The Morgan fingerprint density at radius 3 is 2.57 bits per heavy atom. The van der Waals surface area contributed by atoms with Gasteiger partial charge in [0, 0.05) is 0 Å². The van der Waals surface area contributed by atoms with Gasteiger partial charge in [-0.15, -0.1) is 0 Å². The molecule has 0 aromatic heterocycles. The molecule has 1 amide bonds. The fourth-order valence-electron chi connectivity index (χ4n) is 2.50. The van der Waals surface area contributed by atoms with Crippen molar-refractivity contribution in [2.75, 3.05) is 25.1 Å². The summed E-state index contributed by atoms with van der Waals surface area (Å²) < 4.78 is 42.3. The first-order valence-corrected chi connectivity index (χ1v) is 8.74. The van der Waals surface area contributed by atoms with Crippen LogP contribution >= 0.6 is 0 Å². The quantitative estimate of drug-likeness (QED) is 0.365. The molecule has 0 heterocycles. The Hall–Kier alpha value is -2.62. The maximum Gasteiger partial charge on any atom is 0.277 e. The molecule has 2 aromatic rings. The Morgan fingerprint density at radius 1 is 1.11 bits per heavy atom. The predicted molar refractivity (Wildman–Crippen MR) is 98.5 cm³/mol. The van der Waals surface area contributed by atoms with Gasteiger partial charge in [-0.1, -0.05) is 6.07 Å². The van der Waals surface area contributed by atoms with Crippen LogP contribution in [0, 0.1) is 17.5 Å². The minimum Gasteiger partial charge on any atom is -0.394 e. The smallest absolute Gasteiger partial charge is 0.277 e. The molecule has 0 aliphatic carbocycles. The zero-order valence-corrected chi connectivity index (χ0v) is 15.1. The number of hydroxylamine groups is 1. The van der Waals surface area contributed by atoms with E-state index in [1.165, 1.54) is 12.1 Å². The van der Waals surface area contributed by atoms with E-state index in [-0.39, 0.29) is 24.5 Å². The van der Waals surface area contributed by atoms with Crippen molar-refractivity contribution in [1.82, 2.24) is 5.48 Å². The number of carbonyl (C=O) groups is 1. The van der Waals surface area contributed by atoms with E-state index in [0.717, 1.165) is 30.5 Å². The van der Waals surface area contributed by atoms with Crippen molar-refractivity contribution in [1.29, 1.82) is 0 Å². The molecule has 5 N–H and O–H groups in total. The third-order valence-corrected chi connectivity index (χ3v) is 3.91. The number of hydrogen-bond acceptors (Lipinski definition) is 5. The van der Waals surface area contributed by atoms with E-state index in [0.29, 0.717) is 13.0 Å². The first kappa shape index (κ1) is 21.7. The van der Waals surface area contributed by atoms with Crippen LogP contribution in [0.2, 0.25) is 0 Å². The van der Waals surface area contributed by atoms with Crippen LogP contribution in [-0.4, -0.2) is 30.8 Å². The van der Waals surface area contributed by atoms with Crippen molar-refractivity contribution in [3.05, 3.63) is 58.9 Å². The van der Waals surface area contributed by atoms with E-state index in [1.54, 1.807) is 6.07 Å². The van der Waals surface area contributed by atoms with Gasteiger partial charge >= 0.3 is 0 Å². The number of hydrogen-bond donors (Lipinski definition) is 4. The van der Waals surface area contributed by atoms with Crippen molar-refractivity contribution in [3.8, 4) is 0 Å². The maximum absolute atomic E-state index is 14.4. The number of aliphatic hydroxyl groups excluding tert-OH is 1. The van der Waals surface area contributed by atoms with Crippen LogP contribution in [0.5, 0.6) is 0 Å². The molecule has 0 bridgehead atoms. The van der Waals surface area contributed by atoms with E-state index in [9.17, 15) is 18.0 Å². The molecular weight excluding hydrogens is 375 g/mol. The Morgan fingerprint density at radius 2 is 1.89 bits per heavy atom. The molecule has 0 fully saturated rings. The Labute approximate surface area is 160 Å². The summed E-state index contributed by atoms with van der Waals surface area (Å²) in [6.45, 7) is 0.0261. The number of anilines is 2. The van der Waals surface area contributed by atoms with E-state index < -0.39 is 29.0 Å². The van der Waals surface area contributed by atoms with Crippen molar-refractivity contribution >= 4 is 17.3 Å². The van der Waals surface area contributed by atoms with Gasteiger partial charge in [0.1, 0.15) is 5.82 Å². The lowest BCUT2D eigenvalue weighted by Gasteiger charge is -2.14. The standard InChI is InChI=1S/C19H22F3N3O3/c20-14-6-5-13(19(27)25-28-10-9-26)18(17(14)22)24-16-7-4-12(11-15(16)21)3-1-2-8-23/h4-7,11,24,26H,1-3,8-10,23H2,(H,25,27). The summed E-state index contributed by atoms with van der Waals surface area (Å²) in [7, 11) is 0. The van der Waals surface area contributed by atoms with Crippen LogP contribution in [0.4, 0.5) is 24.5 Å². The average molecular weight is 397 g/mol. The lowest BCUT2D eigenvalue weighted by molar-refractivity contribution is 0.0168. The Balaban J connectivity index is 2.24. The summed E-state index contributed by atoms with van der Waals surface area (Å²) >= 11 is 0. The number of unbranched alkanes of at least 4 members (excludes halogenated alkanes) is 1. The SMILES string of the molecule is NCCCCc1ccc(Nc2c(C(=O)NOCCO)ccc(F)c2F)c(F)c1. The van der Waals surface area contributed by atoms with Gasteiger partial charge in [0.25, 0.3) is 5.91 Å². The first-order chi connectivity index (χ1) is 13.5. The zero-order valence-electron chi connectivity index (χ0n) is 15.1. The largest absolute Gasteiger partial charge is 0.394 e. The molecule has 6 nitrogen and oxygen atoms in total. The summed E-state index contributed by atoms with van der Waals surface area (Å²) in [5, 5.41) is 11.1. The molecular formula is C19H22F3N3O3.